The number of anilines is 1. The Morgan fingerprint density at radius 3 is 2.43 bits per heavy atom. The predicted octanol–water partition coefficient (Wildman–Crippen LogP) is 4.26. The number of rotatable bonds is 4. The fraction of sp³-hybridized carbons (Fsp3) is 0.367. The van der Waals surface area contributed by atoms with Gasteiger partial charge in [-0.3, -0.25) is 14.1 Å². The summed E-state index contributed by atoms with van der Waals surface area (Å²) in [5, 5.41) is 10.3. The monoisotopic (exact) mass is 494 g/mol. The second-order valence-electron chi connectivity index (χ2n) is 9.78. The first-order valence-electron chi connectivity index (χ1n) is 12.8. The van der Waals surface area contributed by atoms with Gasteiger partial charge < -0.3 is 9.80 Å². The van der Waals surface area contributed by atoms with Crippen LogP contribution in [0.2, 0.25) is 0 Å². The van der Waals surface area contributed by atoms with Gasteiger partial charge in [0.05, 0.1) is 16.6 Å². The van der Waals surface area contributed by atoms with Gasteiger partial charge in [-0.15, -0.1) is 0 Å². The number of amides is 1. The van der Waals surface area contributed by atoms with Gasteiger partial charge in [-0.05, 0) is 36.1 Å². The van der Waals surface area contributed by atoms with Crippen molar-refractivity contribution in [1.29, 1.82) is 5.26 Å². The van der Waals surface area contributed by atoms with Gasteiger partial charge in [0.1, 0.15) is 11.9 Å². The Hall–Kier alpha value is -3.89. The SMILES string of the molecule is C.CC(=O)N1CCN(c2c3c(c(C#N)c4nc5ccccc5n24)CCN(CCc2ccccc2)C3)CC1. The van der Waals surface area contributed by atoms with Crippen LogP contribution in [0.3, 0.4) is 0 Å². The number of piperazine rings is 1. The molecule has 2 aliphatic heterocycles. The van der Waals surface area contributed by atoms with Gasteiger partial charge in [-0.1, -0.05) is 49.9 Å². The van der Waals surface area contributed by atoms with Crippen LogP contribution in [0.4, 0.5) is 5.82 Å². The van der Waals surface area contributed by atoms with Crippen molar-refractivity contribution >= 4 is 28.4 Å². The highest BCUT2D eigenvalue weighted by Gasteiger charge is 2.31. The maximum atomic E-state index is 12.0. The van der Waals surface area contributed by atoms with Crippen molar-refractivity contribution in [2.24, 2.45) is 0 Å². The number of carbonyl (C=O) groups excluding carboxylic acids is 1. The van der Waals surface area contributed by atoms with Crippen LogP contribution in [-0.2, 0) is 24.2 Å². The molecule has 1 saturated heterocycles. The smallest absolute Gasteiger partial charge is 0.219 e. The lowest BCUT2D eigenvalue weighted by Crippen LogP contribution is -2.49. The van der Waals surface area contributed by atoms with Crippen LogP contribution < -0.4 is 4.90 Å². The summed E-state index contributed by atoms with van der Waals surface area (Å²) in [7, 11) is 0. The molecule has 190 valence electrons. The van der Waals surface area contributed by atoms with Gasteiger partial charge in [-0.2, -0.15) is 5.26 Å². The average molecular weight is 495 g/mol. The topological polar surface area (TPSA) is 67.9 Å². The molecule has 2 aromatic heterocycles. The quantitative estimate of drug-likeness (QED) is 0.424. The van der Waals surface area contributed by atoms with Gasteiger partial charge >= 0.3 is 0 Å². The zero-order valence-corrected chi connectivity index (χ0v) is 20.7. The largest absolute Gasteiger partial charge is 0.354 e. The first-order chi connectivity index (χ1) is 17.6. The Bertz CT molecular complexity index is 1480. The first kappa shape index (κ1) is 24.8. The summed E-state index contributed by atoms with van der Waals surface area (Å²) in [6.07, 6.45) is 1.84. The highest BCUT2D eigenvalue weighted by atomic mass is 16.2. The number of imidazole rings is 1. The molecule has 4 heterocycles. The van der Waals surface area contributed by atoms with Crippen LogP contribution in [-0.4, -0.2) is 64.4 Å². The number of para-hydroxylation sites is 2. The fourth-order valence-electron chi connectivity index (χ4n) is 5.78. The molecule has 0 unspecified atom stereocenters. The van der Waals surface area contributed by atoms with Crippen LogP contribution in [0.15, 0.2) is 54.6 Å². The third kappa shape index (κ3) is 4.42. The minimum absolute atomic E-state index is 0. The molecule has 7 heteroatoms. The minimum Gasteiger partial charge on any atom is -0.354 e. The summed E-state index contributed by atoms with van der Waals surface area (Å²) < 4.78 is 2.21. The maximum Gasteiger partial charge on any atom is 0.219 e. The van der Waals surface area contributed by atoms with Gasteiger partial charge in [0, 0.05) is 58.3 Å². The Labute approximate surface area is 218 Å². The van der Waals surface area contributed by atoms with Gasteiger partial charge in [0.2, 0.25) is 5.91 Å². The number of hydrogen-bond acceptors (Lipinski definition) is 5. The Morgan fingerprint density at radius 2 is 1.70 bits per heavy atom. The average Bonchev–Trinajstić information content (AvgIpc) is 3.30. The second kappa shape index (κ2) is 10.2. The molecule has 0 spiro atoms. The molecule has 6 rings (SSSR count). The number of nitriles is 1. The maximum absolute atomic E-state index is 12.0. The van der Waals surface area contributed by atoms with E-state index in [1.807, 2.05) is 23.1 Å². The van der Waals surface area contributed by atoms with E-state index in [0.717, 1.165) is 73.6 Å². The van der Waals surface area contributed by atoms with Crippen molar-refractivity contribution in [3.63, 3.8) is 0 Å². The van der Waals surface area contributed by atoms with Crippen molar-refractivity contribution in [3.05, 3.63) is 76.9 Å². The van der Waals surface area contributed by atoms with E-state index in [1.54, 1.807) is 6.92 Å². The lowest BCUT2D eigenvalue weighted by atomic mass is 9.95. The predicted molar refractivity (Wildman–Crippen MR) is 148 cm³/mol. The Balaban J connectivity index is 0.00000280. The van der Waals surface area contributed by atoms with Crippen molar-refractivity contribution < 1.29 is 4.79 Å². The van der Waals surface area contributed by atoms with Gasteiger partial charge in [-0.25, -0.2) is 4.98 Å². The summed E-state index contributed by atoms with van der Waals surface area (Å²) in [5.41, 5.74) is 7.10. The molecule has 2 aliphatic rings. The molecular weight excluding hydrogens is 460 g/mol. The molecule has 37 heavy (non-hydrogen) atoms. The molecule has 0 saturated carbocycles. The highest BCUT2D eigenvalue weighted by molar-refractivity contribution is 5.86. The molecule has 0 atom stereocenters. The molecule has 2 aromatic carbocycles. The van der Waals surface area contributed by atoms with E-state index in [-0.39, 0.29) is 13.3 Å². The minimum atomic E-state index is 0. The molecule has 1 fully saturated rings. The fourth-order valence-corrected chi connectivity index (χ4v) is 5.78. The summed E-state index contributed by atoms with van der Waals surface area (Å²) in [6, 6.07) is 21.3. The summed E-state index contributed by atoms with van der Waals surface area (Å²) in [6.45, 7) is 7.31. The van der Waals surface area contributed by atoms with E-state index in [4.69, 9.17) is 4.98 Å². The second-order valence-corrected chi connectivity index (χ2v) is 9.78. The van der Waals surface area contributed by atoms with Crippen LogP contribution in [0.1, 0.15) is 36.6 Å². The molecule has 0 bridgehead atoms. The number of nitrogens with zero attached hydrogens (tertiary/aromatic N) is 6. The summed E-state index contributed by atoms with van der Waals surface area (Å²) in [5.74, 6) is 1.27. The van der Waals surface area contributed by atoms with Crippen LogP contribution in [0.5, 0.6) is 0 Å². The zero-order chi connectivity index (χ0) is 24.6. The van der Waals surface area contributed by atoms with E-state index < -0.39 is 0 Å². The summed E-state index contributed by atoms with van der Waals surface area (Å²) >= 11 is 0. The molecule has 7 nitrogen and oxygen atoms in total. The Morgan fingerprint density at radius 1 is 0.973 bits per heavy atom. The first-order valence-corrected chi connectivity index (χ1v) is 12.8. The number of pyridine rings is 1. The third-order valence-electron chi connectivity index (χ3n) is 7.69. The number of aromatic nitrogens is 2. The molecule has 1 amide bonds. The van der Waals surface area contributed by atoms with Crippen LogP contribution >= 0.6 is 0 Å². The number of carbonyl (C=O) groups is 1. The Kier molecular flexibility index (Phi) is 6.86. The van der Waals surface area contributed by atoms with Crippen molar-refractivity contribution in [2.45, 2.75) is 33.7 Å². The van der Waals surface area contributed by atoms with E-state index in [1.165, 1.54) is 11.1 Å². The number of fused-ring (bicyclic) bond motifs is 4. The third-order valence-corrected chi connectivity index (χ3v) is 7.69. The van der Waals surface area contributed by atoms with Gasteiger partial charge in [0.15, 0.2) is 5.65 Å². The molecule has 0 N–H and O–H groups in total. The lowest BCUT2D eigenvalue weighted by molar-refractivity contribution is -0.129. The van der Waals surface area contributed by atoms with Crippen molar-refractivity contribution in [2.75, 3.05) is 44.2 Å². The summed E-state index contributed by atoms with van der Waals surface area (Å²) in [4.78, 5) is 23.7. The van der Waals surface area contributed by atoms with Crippen LogP contribution in [0, 0.1) is 11.3 Å². The lowest BCUT2D eigenvalue weighted by Gasteiger charge is -2.39. The van der Waals surface area contributed by atoms with E-state index >= 15 is 0 Å². The molecule has 4 aromatic rings. The van der Waals surface area contributed by atoms with E-state index in [2.05, 4.69) is 56.7 Å². The van der Waals surface area contributed by atoms with E-state index in [9.17, 15) is 10.1 Å². The van der Waals surface area contributed by atoms with E-state index in [0.29, 0.717) is 18.7 Å². The molecular formula is C30H34N6O. The zero-order valence-electron chi connectivity index (χ0n) is 20.7. The van der Waals surface area contributed by atoms with Crippen molar-refractivity contribution in [3.8, 4) is 6.07 Å². The molecule has 0 radical (unpaired) electrons. The van der Waals surface area contributed by atoms with Gasteiger partial charge in [0.25, 0.3) is 0 Å². The van der Waals surface area contributed by atoms with Crippen LogP contribution in [0.25, 0.3) is 16.7 Å². The normalized spacial score (nSPS) is 15.9. The number of benzene rings is 2. The standard InChI is InChI=1S/C29H30N6O.CH4/c1-21(36)33-15-17-34(18-16-33)29-25-20-32(13-11-22-7-3-2-4-8-22)14-12-23(25)24(19-30)28-31-26-9-5-6-10-27(26)35(28)29;/h2-10H,11-18,20H2,1H3;1H4. The highest BCUT2D eigenvalue weighted by Crippen LogP contribution is 2.37. The number of hydrogen-bond donors (Lipinski definition) is 0. The van der Waals surface area contributed by atoms with Crippen molar-refractivity contribution in [1.82, 2.24) is 19.2 Å². The molecule has 0 aliphatic carbocycles.